The van der Waals surface area contributed by atoms with Crippen molar-refractivity contribution in [2.75, 3.05) is 33.4 Å². The minimum atomic E-state index is -0.527. The first-order valence-corrected chi connectivity index (χ1v) is 12.9. The Morgan fingerprint density at radius 2 is 1.92 bits per heavy atom. The number of amides is 1. The van der Waals surface area contributed by atoms with E-state index in [2.05, 4.69) is 54.4 Å². The van der Waals surface area contributed by atoms with Gasteiger partial charge in [-0.15, -0.1) is 0 Å². The molecule has 7 nitrogen and oxygen atoms in total. The Morgan fingerprint density at radius 1 is 1.14 bits per heavy atom. The fraction of sp³-hybridized carbons (Fsp3) is 0.552. The average Bonchev–Trinajstić information content (AvgIpc) is 2.81. The molecule has 2 heterocycles. The number of alkyl carbamates (subject to hydrolysis) is 1. The number of hydrogen-bond acceptors (Lipinski definition) is 6. The zero-order valence-electron chi connectivity index (χ0n) is 22.5. The molecule has 0 aliphatic carbocycles. The van der Waals surface area contributed by atoms with Gasteiger partial charge in [-0.05, 0) is 81.8 Å². The molecule has 1 amide bonds. The van der Waals surface area contributed by atoms with Crippen molar-refractivity contribution in [1.29, 1.82) is 0 Å². The van der Waals surface area contributed by atoms with E-state index < -0.39 is 11.7 Å². The lowest BCUT2D eigenvalue weighted by Gasteiger charge is -2.46. The molecule has 2 aliphatic rings. The van der Waals surface area contributed by atoms with Crippen molar-refractivity contribution in [3.05, 3.63) is 58.1 Å². The normalized spacial score (nSPS) is 21.8. The van der Waals surface area contributed by atoms with Gasteiger partial charge in [0.05, 0.1) is 13.7 Å². The summed E-state index contributed by atoms with van der Waals surface area (Å²) in [6.45, 7) is 12.5. The molecule has 0 unspecified atom stereocenters. The number of ether oxygens (including phenoxy) is 3. The zero-order chi connectivity index (χ0) is 26.0. The van der Waals surface area contributed by atoms with Gasteiger partial charge in [-0.25, -0.2) is 4.79 Å². The molecule has 3 atom stereocenters. The van der Waals surface area contributed by atoms with Gasteiger partial charge in [-0.2, -0.15) is 0 Å². The van der Waals surface area contributed by atoms with Crippen molar-refractivity contribution >= 4 is 6.09 Å². The van der Waals surface area contributed by atoms with E-state index in [9.17, 15) is 4.79 Å². The van der Waals surface area contributed by atoms with Crippen LogP contribution in [-0.2, 0) is 11.2 Å². The summed E-state index contributed by atoms with van der Waals surface area (Å²) in [4.78, 5) is 14.5. The van der Waals surface area contributed by atoms with Crippen LogP contribution in [0.2, 0.25) is 0 Å². The number of nitrogens with zero attached hydrogens (tertiary/aromatic N) is 1. The first-order chi connectivity index (χ1) is 17.1. The molecule has 4 rings (SSSR count). The second-order valence-corrected chi connectivity index (χ2v) is 11.1. The van der Waals surface area contributed by atoms with Gasteiger partial charge < -0.3 is 25.3 Å². The number of nitrogens with two attached hydrogens (primary N) is 1. The van der Waals surface area contributed by atoms with Gasteiger partial charge in [0, 0.05) is 31.1 Å². The maximum absolute atomic E-state index is 11.9. The smallest absolute Gasteiger partial charge is 0.407 e. The van der Waals surface area contributed by atoms with Crippen LogP contribution in [0.5, 0.6) is 11.5 Å². The molecule has 0 radical (unpaired) electrons. The number of nitrogens with one attached hydrogen (secondary N) is 1. The third-order valence-electron chi connectivity index (χ3n) is 7.20. The summed E-state index contributed by atoms with van der Waals surface area (Å²) < 4.78 is 17.0. The van der Waals surface area contributed by atoms with Crippen LogP contribution in [0.1, 0.15) is 67.0 Å². The van der Waals surface area contributed by atoms with E-state index in [4.69, 9.17) is 19.9 Å². The molecule has 3 N–H and O–H groups in total. The van der Waals surface area contributed by atoms with Gasteiger partial charge in [0.2, 0.25) is 0 Å². The first kappa shape index (κ1) is 26.3. The Kier molecular flexibility index (Phi) is 7.81. The molecule has 36 heavy (non-hydrogen) atoms. The third kappa shape index (κ3) is 5.95. The standard InChI is InChI=1S/C29H41N3O4/c1-18-7-8-19(2)21(13-18)23-17-32-11-9-20-14-27(35-12-10-31-28(33)36-29(3,4)5)26(34-6)15-22(20)25(32)16-24(23)30/h7-8,13-15,23-25H,9-12,16-17,30H2,1-6H3,(H,31,33)/t23-,24-,25+/m0/s1. The van der Waals surface area contributed by atoms with Crippen LogP contribution in [-0.4, -0.2) is 56.0 Å². The molecule has 2 aromatic rings. The monoisotopic (exact) mass is 495 g/mol. The summed E-state index contributed by atoms with van der Waals surface area (Å²) in [6.07, 6.45) is 1.42. The van der Waals surface area contributed by atoms with Crippen molar-refractivity contribution in [1.82, 2.24) is 10.2 Å². The molecule has 0 aromatic heterocycles. The minimum Gasteiger partial charge on any atom is -0.493 e. The zero-order valence-corrected chi connectivity index (χ0v) is 22.5. The Morgan fingerprint density at radius 3 is 2.64 bits per heavy atom. The lowest BCUT2D eigenvalue weighted by atomic mass is 9.77. The molecule has 0 saturated carbocycles. The van der Waals surface area contributed by atoms with Gasteiger partial charge >= 0.3 is 6.09 Å². The second-order valence-electron chi connectivity index (χ2n) is 11.1. The van der Waals surface area contributed by atoms with Crippen LogP contribution in [0.25, 0.3) is 0 Å². The highest BCUT2D eigenvalue weighted by Crippen LogP contribution is 2.44. The summed E-state index contributed by atoms with van der Waals surface area (Å²) in [5, 5.41) is 2.73. The summed E-state index contributed by atoms with van der Waals surface area (Å²) in [5.41, 5.74) is 12.8. The van der Waals surface area contributed by atoms with Crippen LogP contribution in [0.3, 0.4) is 0 Å². The lowest BCUT2D eigenvalue weighted by Crippen LogP contribution is -2.49. The minimum absolute atomic E-state index is 0.0959. The van der Waals surface area contributed by atoms with E-state index in [1.54, 1.807) is 7.11 Å². The Labute approximate surface area is 215 Å². The number of methoxy groups -OCH3 is 1. The van der Waals surface area contributed by atoms with E-state index in [1.165, 1.54) is 27.8 Å². The predicted octanol–water partition coefficient (Wildman–Crippen LogP) is 4.63. The highest BCUT2D eigenvalue weighted by atomic mass is 16.6. The molecule has 1 fully saturated rings. The molecule has 0 spiro atoms. The number of fused-ring (bicyclic) bond motifs is 3. The number of rotatable bonds is 6. The highest BCUT2D eigenvalue weighted by Gasteiger charge is 2.39. The van der Waals surface area contributed by atoms with E-state index in [0.717, 1.165) is 25.9 Å². The quantitative estimate of drug-likeness (QED) is 0.569. The van der Waals surface area contributed by atoms with Gasteiger partial charge in [0.25, 0.3) is 0 Å². The highest BCUT2D eigenvalue weighted by molar-refractivity contribution is 5.67. The van der Waals surface area contributed by atoms with Crippen LogP contribution in [0, 0.1) is 13.8 Å². The fourth-order valence-corrected chi connectivity index (χ4v) is 5.45. The van der Waals surface area contributed by atoms with Gasteiger partial charge in [0.1, 0.15) is 12.2 Å². The molecule has 7 heteroatoms. The maximum atomic E-state index is 11.9. The molecule has 196 valence electrons. The number of benzene rings is 2. The SMILES string of the molecule is COc1cc2c(cc1OCCNC(=O)OC(C)(C)C)CCN1C[C@@H](c3cc(C)ccc3C)[C@@H](N)C[C@H]21. The lowest BCUT2D eigenvalue weighted by molar-refractivity contribution is 0.0520. The summed E-state index contributed by atoms with van der Waals surface area (Å²) in [6, 6.07) is 11.3. The Balaban J connectivity index is 1.44. The second kappa shape index (κ2) is 10.7. The van der Waals surface area contributed by atoms with Gasteiger partial charge in [-0.3, -0.25) is 4.90 Å². The molecule has 2 aliphatic heterocycles. The summed E-state index contributed by atoms with van der Waals surface area (Å²) >= 11 is 0. The van der Waals surface area contributed by atoms with Crippen LogP contribution >= 0.6 is 0 Å². The van der Waals surface area contributed by atoms with Crippen molar-refractivity contribution in [3.63, 3.8) is 0 Å². The third-order valence-corrected chi connectivity index (χ3v) is 7.20. The van der Waals surface area contributed by atoms with Crippen LogP contribution < -0.4 is 20.5 Å². The van der Waals surface area contributed by atoms with E-state index in [-0.39, 0.29) is 12.1 Å². The molecule has 2 aromatic carbocycles. The first-order valence-electron chi connectivity index (χ1n) is 12.9. The average molecular weight is 496 g/mol. The Hall–Kier alpha value is -2.77. The van der Waals surface area contributed by atoms with Gasteiger partial charge in [0.15, 0.2) is 11.5 Å². The van der Waals surface area contributed by atoms with E-state index >= 15 is 0 Å². The van der Waals surface area contributed by atoms with Crippen LogP contribution in [0.4, 0.5) is 4.79 Å². The maximum Gasteiger partial charge on any atom is 0.407 e. The number of hydrogen-bond donors (Lipinski definition) is 2. The molecule has 1 saturated heterocycles. The van der Waals surface area contributed by atoms with Crippen molar-refractivity contribution in [2.45, 2.75) is 71.1 Å². The van der Waals surface area contributed by atoms with Crippen molar-refractivity contribution < 1.29 is 19.0 Å². The fourth-order valence-electron chi connectivity index (χ4n) is 5.45. The largest absolute Gasteiger partial charge is 0.493 e. The summed E-state index contributed by atoms with van der Waals surface area (Å²) in [7, 11) is 1.66. The van der Waals surface area contributed by atoms with E-state index in [1.807, 2.05) is 20.8 Å². The number of piperidine rings is 1. The number of carbonyl (C=O) groups is 1. The number of carbonyl (C=O) groups excluding carboxylic acids is 1. The molecular formula is C29H41N3O4. The molecular weight excluding hydrogens is 454 g/mol. The van der Waals surface area contributed by atoms with Crippen molar-refractivity contribution in [2.24, 2.45) is 5.73 Å². The predicted molar refractivity (Wildman–Crippen MR) is 142 cm³/mol. The number of aryl methyl sites for hydroxylation is 2. The summed E-state index contributed by atoms with van der Waals surface area (Å²) in [5.74, 6) is 1.74. The van der Waals surface area contributed by atoms with E-state index in [0.29, 0.717) is 30.6 Å². The van der Waals surface area contributed by atoms with Gasteiger partial charge in [-0.1, -0.05) is 23.8 Å². The molecule has 0 bridgehead atoms. The Bertz CT molecular complexity index is 1090. The van der Waals surface area contributed by atoms with Crippen molar-refractivity contribution in [3.8, 4) is 11.5 Å². The van der Waals surface area contributed by atoms with Crippen LogP contribution in [0.15, 0.2) is 30.3 Å². The topological polar surface area (TPSA) is 86.1 Å².